The van der Waals surface area contributed by atoms with Crippen LogP contribution in [-0.2, 0) is 0 Å². The molecule has 0 aromatic carbocycles. The average Bonchev–Trinajstić information content (AvgIpc) is 1.82. The standard InChI is InChI=1S/C7H13ClN2/c1-5(2)4-10-6(3)7(8)9/h5,9-10H,3-4H2,1-2H3. The van der Waals surface area contributed by atoms with Crippen LogP contribution in [0, 0.1) is 11.3 Å². The number of hydrogen-bond acceptors (Lipinski definition) is 2. The molecule has 0 aliphatic carbocycles. The Morgan fingerprint density at radius 3 is 2.50 bits per heavy atom. The first-order valence-corrected chi connectivity index (χ1v) is 3.59. The summed E-state index contributed by atoms with van der Waals surface area (Å²) in [5.41, 5.74) is 0.496. The van der Waals surface area contributed by atoms with Gasteiger partial charge in [-0.1, -0.05) is 32.0 Å². The first-order chi connectivity index (χ1) is 4.54. The molecule has 2 nitrogen and oxygen atoms in total. The SMILES string of the molecule is C=C(NCC(C)C)C(=N)Cl. The molecule has 2 N–H and O–H groups in total. The van der Waals surface area contributed by atoms with Crippen LogP contribution < -0.4 is 5.32 Å². The number of rotatable bonds is 4. The zero-order valence-corrected chi connectivity index (χ0v) is 7.13. The van der Waals surface area contributed by atoms with E-state index in [4.69, 9.17) is 17.0 Å². The lowest BCUT2D eigenvalue weighted by Gasteiger charge is -2.08. The van der Waals surface area contributed by atoms with Crippen LogP contribution in [0.1, 0.15) is 13.8 Å². The topological polar surface area (TPSA) is 35.9 Å². The summed E-state index contributed by atoms with van der Waals surface area (Å²) in [4.78, 5) is 0. The summed E-state index contributed by atoms with van der Waals surface area (Å²) in [5, 5.41) is 9.87. The van der Waals surface area contributed by atoms with Crippen LogP contribution in [0.2, 0.25) is 0 Å². The van der Waals surface area contributed by atoms with Crippen molar-refractivity contribution in [3.05, 3.63) is 12.3 Å². The zero-order chi connectivity index (χ0) is 8.15. The van der Waals surface area contributed by atoms with Gasteiger partial charge < -0.3 is 5.32 Å². The van der Waals surface area contributed by atoms with Crippen molar-refractivity contribution in [2.45, 2.75) is 13.8 Å². The molecule has 58 valence electrons. The van der Waals surface area contributed by atoms with Gasteiger partial charge in [0.1, 0.15) is 5.17 Å². The molecule has 0 atom stereocenters. The van der Waals surface area contributed by atoms with Crippen molar-refractivity contribution in [1.82, 2.24) is 5.32 Å². The van der Waals surface area contributed by atoms with Crippen molar-refractivity contribution >= 4 is 16.8 Å². The Labute approximate surface area is 66.8 Å². The first-order valence-electron chi connectivity index (χ1n) is 3.21. The molecule has 0 rings (SSSR count). The highest BCUT2D eigenvalue weighted by Crippen LogP contribution is 1.95. The third kappa shape index (κ3) is 4.39. The van der Waals surface area contributed by atoms with Gasteiger partial charge in [0.05, 0.1) is 5.70 Å². The van der Waals surface area contributed by atoms with Gasteiger partial charge in [0, 0.05) is 6.54 Å². The van der Waals surface area contributed by atoms with Crippen molar-refractivity contribution in [2.75, 3.05) is 6.54 Å². The van der Waals surface area contributed by atoms with E-state index < -0.39 is 0 Å². The van der Waals surface area contributed by atoms with Gasteiger partial charge in [-0.25, -0.2) is 0 Å². The van der Waals surface area contributed by atoms with E-state index in [9.17, 15) is 0 Å². The Bertz CT molecular complexity index is 141. The maximum Gasteiger partial charge on any atom is 0.143 e. The minimum Gasteiger partial charge on any atom is -0.383 e. The highest BCUT2D eigenvalue weighted by molar-refractivity contribution is 6.68. The maximum absolute atomic E-state index is 6.95. The lowest BCUT2D eigenvalue weighted by Crippen LogP contribution is -2.21. The van der Waals surface area contributed by atoms with Crippen LogP contribution in [0.5, 0.6) is 0 Å². The fraction of sp³-hybridized carbons (Fsp3) is 0.571. The minimum atomic E-state index is -0.0133. The summed E-state index contributed by atoms with van der Waals surface area (Å²) in [6, 6.07) is 0. The van der Waals surface area contributed by atoms with E-state index in [1.165, 1.54) is 0 Å². The third-order valence-corrected chi connectivity index (χ3v) is 1.22. The van der Waals surface area contributed by atoms with E-state index in [2.05, 4.69) is 25.7 Å². The molecule has 0 saturated carbocycles. The van der Waals surface area contributed by atoms with E-state index in [0.717, 1.165) is 6.54 Å². The largest absolute Gasteiger partial charge is 0.383 e. The predicted octanol–water partition coefficient (Wildman–Crippen LogP) is 1.96. The van der Waals surface area contributed by atoms with E-state index >= 15 is 0 Å². The second-order valence-electron chi connectivity index (χ2n) is 2.57. The van der Waals surface area contributed by atoms with E-state index in [1.54, 1.807) is 0 Å². The molecule has 10 heavy (non-hydrogen) atoms. The normalized spacial score (nSPS) is 9.60. The fourth-order valence-electron chi connectivity index (χ4n) is 0.405. The molecule has 0 fully saturated rings. The van der Waals surface area contributed by atoms with Gasteiger partial charge in [0.25, 0.3) is 0 Å². The number of halogens is 1. The van der Waals surface area contributed by atoms with Gasteiger partial charge in [0.15, 0.2) is 0 Å². The smallest absolute Gasteiger partial charge is 0.143 e. The number of hydrogen-bond donors (Lipinski definition) is 2. The summed E-state index contributed by atoms with van der Waals surface area (Å²) in [5.74, 6) is 0.549. The van der Waals surface area contributed by atoms with E-state index in [0.29, 0.717) is 11.6 Å². The molecule has 0 aromatic rings. The van der Waals surface area contributed by atoms with Crippen molar-refractivity contribution in [2.24, 2.45) is 5.92 Å². The molecule has 0 aromatic heterocycles. The predicted molar refractivity (Wildman–Crippen MR) is 45.6 cm³/mol. The van der Waals surface area contributed by atoms with Crippen molar-refractivity contribution < 1.29 is 0 Å². The molecular weight excluding hydrogens is 148 g/mol. The summed E-state index contributed by atoms with van der Waals surface area (Å²) in [6.07, 6.45) is 0. The van der Waals surface area contributed by atoms with Gasteiger partial charge in [-0.05, 0) is 5.92 Å². The second-order valence-corrected chi connectivity index (χ2v) is 2.95. The molecular formula is C7H13ClN2. The van der Waals surface area contributed by atoms with Crippen molar-refractivity contribution in [1.29, 1.82) is 5.41 Å². The molecule has 0 bridgehead atoms. The van der Waals surface area contributed by atoms with Gasteiger partial charge in [-0.3, -0.25) is 5.41 Å². The van der Waals surface area contributed by atoms with Gasteiger partial charge in [0.2, 0.25) is 0 Å². The molecule has 0 saturated heterocycles. The Kier molecular flexibility index (Phi) is 4.12. The average molecular weight is 161 g/mol. The second kappa shape index (κ2) is 4.34. The van der Waals surface area contributed by atoms with Gasteiger partial charge >= 0.3 is 0 Å². The van der Waals surface area contributed by atoms with E-state index in [1.807, 2.05) is 0 Å². The number of allylic oxidation sites excluding steroid dienone is 1. The van der Waals surface area contributed by atoms with Crippen LogP contribution in [0.15, 0.2) is 12.3 Å². The Hall–Kier alpha value is -0.500. The summed E-state index contributed by atoms with van der Waals surface area (Å²) < 4.78 is 0. The monoisotopic (exact) mass is 160 g/mol. The van der Waals surface area contributed by atoms with Crippen LogP contribution in [-0.4, -0.2) is 11.7 Å². The molecule has 0 unspecified atom stereocenters. The Balaban J connectivity index is 3.50. The first kappa shape index (κ1) is 9.50. The minimum absolute atomic E-state index is 0.0133. The quantitative estimate of drug-likeness (QED) is 0.606. The highest BCUT2D eigenvalue weighted by atomic mass is 35.5. The van der Waals surface area contributed by atoms with Crippen LogP contribution in [0.3, 0.4) is 0 Å². The lowest BCUT2D eigenvalue weighted by atomic mass is 10.2. The third-order valence-electron chi connectivity index (χ3n) is 0.989. The molecule has 0 amide bonds. The van der Waals surface area contributed by atoms with Crippen molar-refractivity contribution in [3.63, 3.8) is 0 Å². The highest BCUT2D eigenvalue weighted by Gasteiger charge is 1.97. The van der Waals surface area contributed by atoms with Gasteiger partial charge in [-0.15, -0.1) is 0 Å². The van der Waals surface area contributed by atoms with E-state index in [-0.39, 0.29) is 5.17 Å². The molecule has 0 aliphatic heterocycles. The maximum atomic E-state index is 6.95. The molecule has 3 heteroatoms. The van der Waals surface area contributed by atoms with Crippen molar-refractivity contribution in [3.8, 4) is 0 Å². The summed E-state index contributed by atoms with van der Waals surface area (Å²) >= 11 is 5.33. The van der Waals surface area contributed by atoms with Crippen LogP contribution in [0.4, 0.5) is 0 Å². The molecule has 0 spiro atoms. The summed E-state index contributed by atoms with van der Waals surface area (Å²) in [7, 11) is 0. The Morgan fingerprint density at radius 2 is 2.20 bits per heavy atom. The molecule has 0 heterocycles. The summed E-state index contributed by atoms with van der Waals surface area (Å²) in [6.45, 7) is 8.53. The van der Waals surface area contributed by atoms with Crippen LogP contribution >= 0.6 is 11.6 Å². The number of nitrogens with one attached hydrogen (secondary N) is 2. The lowest BCUT2D eigenvalue weighted by molar-refractivity contribution is 0.605. The molecule has 0 radical (unpaired) electrons. The van der Waals surface area contributed by atoms with Crippen LogP contribution in [0.25, 0.3) is 0 Å². The van der Waals surface area contributed by atoms with Gasteiger partial charge in [-0.2, -0.15) is 0 Å². The Morgan fingerprint density at radius 1 is 1.70 bits per heavy atom. The molecule has 0 aliphatic rings. The zero-order valence-electron chi connectivity index (χ0n) is 6.37. The fourth-order valence-corrected chi connectivity index (χ4v) is 0.472.